The molecule has 0 spiro atoms. The molecular weight excluding hydrogens is 540 g/mol. The Balaban J connectivity index is 0.000000180. The van der Waals surface area contributed by atoms with Crippen molar-refractivity contribution in [2.45, 2.75) is 70.6 Å². The number of nitrogens with one attached hydrogen (secondary N) is 2. The molecule has 10 nitrogen and oxygen atoms in total. The summed E-state index contributed by atoms with van der Waals surface area (Å²) in [6, 6.07) is 9.37. The number of carbonyl (C=O) groups excluding carboxylic acids is 1. The van der Waals surface area contributed by atoms with Crippen LogP contribution in [0.3, 0.4) is 0 Å². The van der Waals surface area contributed by atoms with Crippen molar-refractivity contribution in [2.24, 2.45) is 0 Å². The van der Waals surface area contributed by atoms with Gasteiger partial charge in [-0.3, -0.25) is 0 Å². The van der Waals surface area contributed by atoms with Crippen molar-refractivity contribution in [3.05, 3.63) is 29.4 Å². The van der Waals surface area contributed by atoms with Crippen molar-refractivity contribution in [2.75, 3.05) is 77.7 Å². The summed E-state index contributed by atoms with van der Waals surface area (Å²) in [5.74, 6) is 2.97. The molecule has 3 fully saturated rings. The van der Waals surface area contributed by atoms with Crippen molar-refractivity contribution in [1.82, 2.24) is 14.9 Å². The maximum Gasteiger partial charge on any atom is 0.410 e. The Hall–Kier alpha value is -3.14. The number of nitrogens with zero attached hydrogens (tertiary/aromatic N) is 6. The molecule has 9 heterocycles. The zero-order valence-corrected chi connectivity index (χ0v) is 25.3. The van der Waals surface area contributed by atoms with Crippen LogP contribution < -0.4 is 25.3 Å². The molecule has 0 unspecified atom stereocenters. The molecule has 9 rings (SSSR count). The van der Waals surface area contributed by atoms with Crippen molar-refractivity contribution < 1.29 is 9.53 Å². The highest BCUT2D eigenvalue weighted by molar-refractivity contribution is 6.29. The molecule has 7 aliphatic heterocycles. The lowest BCUT2D eigenvalue weighted by atomic mass is 10.1. The van der Waals surface area contributed by atoms with Gasteiger partial charge in [-0.25, -0.2) is 14.8 Å². The normalized spacial score (nSPS) is 20.5. The molecule has 0 saturated carbocycles. The van der Waals surface area contributed by atoms with E-state index in [9.17, 15) is 4.79 Å². The van der Waals surface area contributed by atoms with Crippen LogP contribution in [0.5, 0.6) is 0 Å². The average molecular weight is 583 g/mol. The van der Waals surface area contributed by atoms with E-state index in [4.69, 9.17) is 21.3 Å². The van der Waals surface area contributed by atoms with E-state index in [1.54, 1.807) is 0 Å². The zero-order chi connectivity index (χ0) is 28.6. The number of hydrogen-bond acceptors (Lipinski definition) is 9. The quantitative estimate of drug-likeness (QED) is 0.448. The first kappa shape index (κ1) is 28.0. The van der Waals surface area contributed by atoms with E-state index in [1.807, 2.05) is 31.7 Å². The number of pyridine rings is 2. The highest BCUT2D eigenvalue weighted by Crippen LogP contribution is 2.35. The monoisotopic (exact) mass is 582 g/mol. The Morgan fingerprint density at radius 2 is 1.37 bits per heavy atom. The predicted octanol–water partition coefficient (Wildman–Crippen LogP) is 5.05. The topological polar surface area (TPSA) is 89.1 Å². The number of ether oxygens (including phenoxy) is 1. The molecule has 1 amide bonds. The largest absolute Gasteiger partial charge is 0.444 e. The Bertz CT molecular complexity index is 1240. The minimum Gasteiger partial charge on any atom is -0.444 e. The summed E-state index contributed by atoms with van der Waals surface area (Å²) in [4.78, 5) is 30.6. The predicted molar refractivity (Wildman–Crippen MR) is 166 cm³/mol. The molecule has 2 aromatic rings. The maximum atomic E-state index is 12.4. The van der Waals surface area contributed by atoms with E-state index in [0.29, 0.717) is 23.8 Å². The number of fused-ring (bicyclic) bond motifs is 4. The SMILES string of the molecule is CC(C)(C)OC(=O)N1CCCN(c2ccc3c(n2)NC2CCN3CC2)CC1.Clc1ccc2c(n1)NC1CCN2CC1. The first-order chi connectivity index (χ1) is 19.7. The Labute approximate surface area is 248 Å². The third kappa shape index (κ3) is 6.52. The molecule has 11 heteroatoms. The first-order valence-corrected chi connectivity index (χ1v) is 15.5. The van der Waals surface area contributed by atoms with Gasteiger partial charge in [-0.05, 0) is 77.1 Å². The van der Waals surface area contributed by atoms with Crippen molar-refractivity contribution in [1.29, 1.82) is 0 Å². The summed E-state index contributed by atoms with van der Waals surface area (Å²) in [5, 5.41) is 7.66. The molecule has 0 aliphatic carbocycles. The van der Waals surface area contributed by atoms with Crippen molar-refractivity contribution >= 4 is 46.5 Å². The van der Waals surface area contributed by atoms with Gasteiger partial charge in [0.25, 0.3) is 0 Å². The fourth-order valence-corrected chi connectivity index (χ4v) is 6.49. The summed E-state index contributed by atoms with van der Waals surface area (Å²) in [6.45, 7) is 13.3. The molecule has 4 bridgehead atoms. The van der Waals surface area contributed by atoms with Gasteiger partial charge in [0, 0.05) is 64.4 Å². The second kappa shape index (κ2) is 11.6. The molecule has 41 heavy (non-hydrogen) atoms. The molecule has 0 aromatic carbocycles. The number of rotatable bonds is 1. The number of hydrogen-bond donors (Lipinski definition) is 2. The second-order valence-electron chi connectivity index (χ2n) is 12.7. The van der Waals surface area contributed by atoms with Gasteiger partial charge in [0.2, 0.25) is 0 Å². The van der Waals surface area contributed by atoms with Gasteiger partial charge in [0.05, 0.1) is 11.4 Å². The lowest BCUT2D eigenvalue weighted by Gasteiger charge is -2.28. The van der Waals surface area contributed by atoms with Crippen molar-refractivity contribution in [3.63, 3.8) is 0 Å². The van der Waals surface area contributed by atoms with Crippen LogP contribution in [0.2, 0.25) is 5.15 Å². The van der Waals surface area contributed by atoms with Crippen LogP contribution in [-0.2, 0) is 4.74 Å². The van der Waals surface area contributed by atoms with Gasteiger partial charge >= 0.3 is 6.09 Å². The van der Waals surface area contributed by atoms with Crippen LogP contribution in [0.25, 0.3) is 0 Å². The molecule has 0 atom stereocenters. The maximum absolute atomic E-state index is 12.4. The Kier molecular flexibility index (Phi) is 7.94. The molecule has 0 radical (unpaired) electrons. The highest BCUT2D eigenvalue weighted by atomic mass is 35.5. The third-order valence-electron chi connectivity index (χ3n) is 8.52. The van der Waals surface area contributed by atoms with E-state index in [2.05, 4.69) is 48.5 Å². The third-order valence-corrected chi connectivity index (χ3v) is 8.73. The zero-order valence-electron chi connectivity index (χ0n) is 24.5. The number of halogens is 1. The summed E-state index contributed by atoms with van der Waals surface area (Å²) >= 11 is 5.88. The van der Waals surface area contributed by atoms with E-state index < -0.39 is 5.60 Å². The number of amides is 1. The van der Waals surface area contributed by atoms with Gasteiger partial charge in [0.1, 0.15) is 16.6 Å². The number of aromatic nitrogens is 2. The van der Waals surface area contributed by atoms with Gasteiger partial charge in [-0.2, -0.15) is 0 Å². The minimum absolute atomic E-state index is 0.217. The van der Waals surface area contributed by atoms with Crippen LogP contribution in [0.4, 0.5) is 33.6 Å². The smallest absolute Gasteiger partial charge is 0.410 e. The summed E-state index contributed by atoms with van der Waals surface area (Å²) in [6.07, 6.45) is 5.47. The average Bonchev–Trinajstić information content (AvgIpc) is 3.47. The lowest BCUT2D eigenvalue weighted by Crippen LogP contribution is -2.39. The van der Waals surface area contributed by atoms with Gasteiger partial charge in [-0.1, -0.05) is 11.6 Å². The van der Waals surface area contributed by atoms with Crippen LogP contribution in [0.15, 0.2) is 24.3 Å². The molecule has 222 valence electrons. The Morgan fingerprint density at radius 1 is 0.780 bits per heavy atom. The van der Waals surface area contributed by atoms with Crippen LogP contribution in [-0.4, -0.2) is 91.0 Å². The molecule has 2 N–H and O–H groups in total. The van der Waals surface area contributed by atoms with Crippen LogP contribution in [0.1, 0.15) is 52.9 Å². The second-order valence-corrected chi connectivity index (χ2v) is 13.0. The highest BCUT2D eigenvalue weighted by Gasteiger charge is 2.29. The van der Waals surface area contributed by atoms with Crippen molar-refractivity contribution in [3.8, 4) is 0 Å². The lowest BCUT2D eigenvalue weighted by molar-refractivity contribution is 0.0263. The fourth-order valence-electron chi connectivity index (χ4n) is 6.34. The van der Waals surface area contributed by atoms with E-state index in [-0.39, 0.29) is 6.09 Å². The summed E-state index contributed by atoms with van der Waals surface area (Å²) < 4.78 is 5.53. The van der Waals surface area contributed by atoms with Gasteiger partial charge in [-0.15, -0.1) is 0 Å². The van der Waals surface area contributed by atoms with Gasteiger partial charge in [0.15, 0.2) is 11.6 Å². The van der Waals surface area contributed by atoms with E-state index >= 15 is 0 Å². The summed E-state index contributed by atoms with van der Waals surface area (Å²) in [7, 11) is 0. The number of piperidine rings is 2. The minimum atomic E-state index is -0.456. The van der Waals surface area contributed by atoms with Crippen LogP contribution >= 0.6 is 11.6 Å². The first-order valence-electron chi connectivity index (χ1n) is 15.2. The fraction of sp³-hybridized carbons (Fsp3) is 0.633. The molecule has 7 aliphatic rings. The summed E-state index contributed by atoms with van der Waals surface area (Å²) in [5.41, 5.74) is 1.97. The van der Waals surface area contributed by atoms with E-state index in [0.717, 1.165) is 69.7 Å². The van der Waals surface area contributed by atoms with Crippen LogP contribution in [0, 0.1) is 0 Å². The van der Waals surface area contributed by atoms with Gasteiger partial charge < -0.3 is 35.0 Å². The van der Waals surface area contributed by atoms with E-state index in [1.165, 1.54) is 37.1 Å². The number of anilines is 5. The standard InChI is InChI=1S/C20H31N5O2.C10H12ClN3/c1-20(2,3)27-19(26)25-10-4-9-24(13-14-25)17-6-5-16-18(22-17)21-15-7-11-23(16)12-8-15;11-9-2-1-8-10(13-9)12-7-3-5-14(8)6-4-7/h5-6,15H,4,7-14H2,1-3H3,(H,21,22);1-2,7H,3-6H2,(H,12,13). The molecule has 3 saturated heterocycles. The molecular formula is C30H43ClN8O2. The molecule has 2 aromatic heterocycles. The number of carbonyl (C=O) groups is 1. The Morgan fingerprint density at radius 3 is 1.98 bits per heavy atom.